The van der Waals surface area contributed by atoms with E-state index < -0.39 is 6.04 Å². The fourth-order valence-corrected chi connectivity index (χ4v) is 4.68. The lowest BCUT2D eigenvalue weighted by Crippen LogP contribution is -2.26. The molecule has 0 fully saturated rings. The van der Waals surface area contributed by atoms with Gasteiger partial charge in [0.2, 0.25) is 5.95 Å². The van der Waals surface area contributed by atoms with E-state index in [-0.39, 0.29) is 28.4 Å². The van der Waals surface area contributed by atoms with Gasteiger partial charge >= 0.3 is 0 Å². The molecule has 0 aliphatic heterocycles. The minimum atomic E-state index is -0.433. The average Bonchev–Trinajstić information content (AvgIpc) is 2.91. The van der Waals surface area contributed by atoms with Crippen molar-refractivity contribution in [1.29, 1.82) is 5.26 Å². The first-order valence-electron chi connectivity index (χ1n) is 12.0. The van der Waals surface area contributed by atoms with E-state index in [1.165, 1.54) is 10.8 Å². The van der Waals surface area contributed by atoms with Crippen LogP contribution in [0.25, 0.3) is 27.6 Å². The van der Waals surface area contributed by atoms with E-state index in [2.05, 4.69) is 21.4 Å². The molecule has 9 nitrogen and oxygen atoms in total. The summed E-state index contributed by atoms with van der Waals surface area (Å²) in [5.74, 6) is 0.323. The molecule has 0 radical (unpaired) electrons. The summed E-state index contributed by atoms with van der Waals surface area (Å²) in [6.07, 6.45) is 3.11. The molecule has 0 saturated heterocycles. The van der Waals surface area contributed by atoms with Crippen LogP contribution < -0.4 is 22.2 Å². The van der Waals surface area contributed by atoms with E-state index in [1.807, 2.05) is 67.6 Å². The predicted octanol–water partition coefficient (Wildman–Crippen LogP) is 4.08. The Morgan fingerprint density at radius 2 is 1.82 bits per heavy atom. The van der Waals surface area contributed by atoms with Gasteiger partial charge in [0.25, 0.3) is 11.1 Å². The van der Waals surface area contributed by atoms with E-state index >= 15 is 0 Å². The quantitative estimate of drug-likeness (QED) is 0.369. The molecule has 0 saturated carbocycles. The zero-order valence-electron chi connectivity index (χ0n) is 21.1. The van der Waals surface area contributed by atoms with Crippen LogP contribution in [0.5, 0.6) is 0 Å². The third-order valence-electron chi connectivity index (χ3n) is 6.49. The Hall–Kier alpha value is -5.23. The molecule has 3 heterocycles. The molecule has 0 spiro atoms. The van der Waals surface area contributed by atoms with Gasteiger partial charge in [0, 0.05) is 30.2 Å². The number of aryl methyl sites for hydroxylation is 2. The second-order valence-corrected chi connectivity index (χ2v) is 9.11. The van der Waals surface area contributed by atoms with Crippen molar-refractivity contribution in [2.24, 2.45) is 7.05 Å². The van der Waals surface area contributed by atoms with Gasteiger partial charge < -0.3 is 15.6 Å². The van der Waals surface area contributed by atoms with Crippen molar-refractivity contribution < 1.29 is 0 Å². The molecule has 1 atom stereocenters. The van der Waals surface area contributed by atoms with Crippen LogP contribution >= 0.6 is 0 Å². The highest BCUT2D eigenvalue weighted by atomic mass is 16.1. The van der Waals surface area contributed by atoms with E-state index in [0.29, 0.717) is 22.3 Å². The standard InChI is InChI=1S/C29H25N7O2/c1-17-12-20(16-35(3)27(17)37)23-11-7-8-19-13-24(18(2)33-26-21(14-30)15-32-29(31)34-26)36(28(38)25(19)23)22-9-5-4-6-10-22/h4-13,15-16,18H,1-3H3,(H3,31,32,33,34)/t18-/m0/s1. The number of nitrogens with zero attached hydrogens (tertiary/aromatic N) is 5. The molecule has 38 heavy (non-hydrogen) atoms. The van der Waals surface area contributed by atoms with Crippen molar-refractivity contribution in [1.82, 2.24) is 19.1 Å². The molecule has 2 aromatic carbocycles. The van der Waals surface area contributed by atoms with E-state index in [4.69, 9.17) is 5.73 Å². The normalized spacial score (nSPS) is 11.7. The number of nitrogens with one attached hydrogen (secondary N) is 1. The number of hydrogen-bond donors (Lipinski definition) is 2. The maximum absolute atomic E-state index is 14.3. The van der Waals surface area contributed by atoms with Crippen LogP contribution in [0.4, 0.5) is 11.8 Å². The average molecular weight is 504 g/mol. The molecule has 9 heteroatoms. The van der Waals surface area contributed by atoms with Crippen LogP contribution in [0.15, 0.2) is 82.6 Å². The Morgan fingerprint density at radius 1 is 1.05 bits per heavy atom. The summed E-state index contributed by atoms with van der Waals surface area (Å²) in [6, 6.07) is 20.4. The van der Waals surface area contributed by atoms with Gasteiger partial charge in [-0.3, -0.25) is 14.2 Å². The number of aromatic nitrogens is 4. The molecule has 0 aliphatic rings. The Balaban J connectivity index is 1.77. The Labute approximate surface area is 218 Å². The highest BCUT2D eigenvalue weighted by molar-refractivity contribution is 5.96. The zero-order chi connectivity index (χ0) is 27.0. The molecule has 188 valence electrons. The molecule has 5 aromatic rings. The maximum atomic E-state index is 14.3. The van der Waals surface area contributed by atoms with Crippen molar-refractivity contribution >= 4 is 22.5 Å². The third-order valence-corrected chi connectivity index (χ3v) is 6.49. The molecular weight excluding hydrogens is 478 g/mol. The number of hydrogen-bond acceptors (Lipinski definition) is 7. The number of para-hydroxylation sites is 1. The summed E-state index contributed by atoms with van der Waals surface area (Å²) in [4.78, 5) is 34.7. The molecule has 0 unspecified atom stereocenters. The third kappa shape index (κ3) is 4.29. The van der Waals surface area contributed by atoms with Crippen molar-refractivity contribution in [3.05, 3.63) is 111 Å². The zero-order valence-corrected chi connectivity index (χ0v) is 21.1. The minimum Gasteiger partial charge on any atom is -0.368 e. The Kier molecular flexibility index (Phi) is 6.23. The van der Waals surface area contributed by atoms with Crippen LogP contribution in [0, 0.1) is 18.3 Å². The molecule has 0 bridgehead atoms. The first kappa shape index (κ1) is 24.5. The van der Waals surface area contributed by atoms with Crippen molar-refractivity contribution in [3.8, 4) is 22.9 Å². The fraction of sp³-hybridized carbons (Fsp3) is 0.138. The molecule has 3 N–H and O–H groups in total. The van der Waals surface area contributed by atoms with Gasteiger partial charge in [-0.15, -0.1) is 0 Å². The SMILES string of the molecule is Cc1cc(-c2cccc3cc([C@H](C)Nc4nc(N)ncc4C#N)n(-c4ccccc4)c(=O)c23)cn(C)c1=O. The largest absolute Gasteiger partial charge is 0.368 e. The Morgan fingerprint density at radius 3 is 2.53 bits per heavy atom. The van der Waals surface area contributed by atoms with Crippen molar-refractivity contribution in [2.45, 2.75) is 19.9 Å². The summed E-state index contributed by atoms with van der Waals surface area (Å²) >= 11 is 0. The Bertz CT molecular complexity index is 1820. The smallest absolute Gasteiger partial charge is 0.263 e. The van der Waals surface area contributed by atoms with Crippen LogP contribution in [0.3, 0.4) is 0 Å². The van der Waals surface area contributed by atoms with Crippen LogP contribution in [0.1, 0.15) is 29.8 Å². The van der Waals surface area contributed by atoms with Gasteiger partial charge in [-0.2, -0.15) is 10.2 Å². The number of nitrogens with two attached hydrogens (primary N) is 1. The summed E-state index contributed by atoms with van der Waals surface area (Å²) < 4.78 is 3.19. The molecule has 0 aliphatic carbocycles. The predicted molar refractivity (Wildman–Crippen MR) is 148 cm³/mol. The lowest BCUT2D eigenvalue weighted by atomic mass is 9.98. The highest BCUT2D eigenvalue weighted by Crippen LogP contribution is 2.30. The number of pyridine rings is 2. The van der Waals surface area contributed by atoms with Gasteiger partial charge in [0.15, 0.2) is 0 Å². The molecular formula is C29H25N7O2. The fourth-order valence-electron chi connectivity index (χ4n) is 4.68. The number of fused-ring (bicyclic) bond motifs is 1. The van der Waals surface area contributed by atoms with Crippen LogP contribution in [-0.4, -0.2) is 19.1 Å². The lowest BCUT2D eigenvalue weighted by Gasteiger charge is -2.22. The first-order chi connectivity index (χ1) is 18.3. The van der Waals surface area contributed by atoms with Gasteiger partial charge in [0.05, 0.1) is 17.6 Å². The summed E-state index contributed by atoms with van der Waals surface area (Å²) in [5, 5.41) is 14.0. The number of rotatable bonds is 5. The first-order valence-corrected chi connectivity index (χ1v) is 12.0. The van der Waals surface area contributed by atoms with E-state index in [0.717, 1.165) is 16.5 Å². The van der Waals surface area contributed by atoms with E-state index in [9.17, 15) is 14.9 Å². The van der Waals surface area contributed by atoms with Crippen LogP contribution in [-0.2, 0) is 7.05 Å². The lowest BCUT2D eigenvalue weighted by molar-refractivity contribution is 0.772. The summed E-state index contributed by atoms with van der Waals surface area (Å²) in [5.41, 5.74) is 9.19. The van der Waals surface area contributed by atoms with Gasteiger partial charge in [-0.25, -0.2) is 4.98 Å². The molecule has 5 rings (SSSR count). The number of benzene rings is 2. The van der Waals surface area contributed by atoms with Gasteiger partial charge in [0.1, 0.15) is 17.5 Å². The second kappa shape index (κ2) is 9.67. The molecule has 0 amide bonds. The maximum Gasteiger partial charge on any atom is 0.263 e. The van der Waals surface area contributed by atoms with Crippen molar-refractivity contribution in [2.75, 3.05) is 11.1 Å². The van der Waals surface area contributed by atoms with E-state index in [1.54, 1.807) is 24.7 Å². The molecule has 3 aromatic heterocycles. The number of anilines is 2. The monoisotopic (exact) mass is 503 g/mol. The van der Waals surface area contributed by atoms with Crippen molar-refractivity contribution in [3.63, 3.8) is 0 Å². The summed E-state index contributed by atoms with van der Waals surface area (Å²) in [7, 11) is 1.70. The number of nitrogen functional groups attached to an aromatic ring is 1. The topological polar surface area (TPSA) is 132 Å². The van der Waals surface area contributed by atoms with Gasteiger partial charge in [-0.05, 0) is 54.6 Å². The highest BCUT2D eigenvalue weighted by Gasteiger charge is 2.20. The summed E-state index contributed by atoms with van der Waals surface area (Å²) in [6.45, 7) is 3.65. The minimum absolute atomic E-state index is 0.0369. The van der Waals surface area contributed by atoms with Gasteiger partial charge in [-0.1, -0.05) is 36.4 Å². The second-order valence-electron chi connectivity index (χ2n) is 9.11. The van der Waals surface area contributed by atoms with Crippen LogP contribution in [0.2, 0.25) is 0 Å². The number of nitriles is 1.